The third kappa shape index (κ3) is 3.27. The first-order chi connectivity index (χ1) is 12.7. The second-order valence-electron chi connectivity index (χ2n) is 5.90. The maximum atomic E-state index is 12.5. The lowest BCUT2D eigenvalue weighted by Crippen LogP contribution is -2.30. The van der Waals surface area contributed by atoms with Crippen LogP contribution in [-0.2, 0) is 17.9 Å². The fraction of sp³-hybridized carbons (Fsp3) is 0.176. The Morgan fingerprint density at radius 2 is 1.88 bits per heavy atom. The molecule has 0 spiro atoms. The number of benzene rings is 2. The third-order valence-corrected chi connectivity index (χ3v) is 3.98. The second-order valence-corrected chi connectivity index (χ2v) is 5.90. The molecule has 9 heteroatoms. The van der Waals surface area contributed by atoms with Crippen LogP contribution in [0.15, 0.2) is 48.5 Å². The van der Waals surface area contributed by atoms with Gasteiger partial charge in [0.25, 0.3) is 0 Å². The largest absolute Gasteiger partial charge is 0.340 e. The summed E-state index contributed by atoms with van der Waals surface area (Å²) in [6, 6.07) is 15.2. The number of rotatable bonds is 5. The number of H-pyrrole nitrogens is 1. The summed E-state index contributed by atoms with van der Waals surface area (Å²) < 4.78 is 0. The highest BCUT2D eigenvalue weighted by molar-refractivity contribution is 5.77. The van der Waals surface area contributed by atoms with Crippen LogP contribution in [0, 0.1) is 0 Å². The molecule has 4 rings (SSSR count). The van der Waals surface area contributed by atoms with E-state index >= 15 is 0 Å². The summed E-state index contributed by atoms with van der Waals surface area (Å²) in [6.07, 6.45) is 0. The molecule has 0 aliphatic rings. The number of aromatic amines is 1. The molecule has 26 heavy (non-hydrogen) atoms. The molecule has 0 unspecified atom stereocenters. The van der Waals surface area contributed by atoms with Gasteiger partial charge in [-0.05, 0) is 29.0 Å². The number of hydrogen-bond acceptors (Lipinski definition) is 6. The summed E-state index contributed by atoms with van der Waals surface area (Å²) in [5.41, 5.74) is 3.37. The zero-order valence-corrected chi connectivity index (χ0v) is 14.1. The van der Waals surface area contributed by atoms with Gasteiger partial charge in [0.15, 0.2) is 0 Å². The highest BCUT2D eigenvalue weighted by Gasteiger charge is 2.13. The lowest BCUT2D eigenvalue weighted by molar-refractivity contribution is -0.131. The van der Waals surface area contributed by atoms with Crippen molar-refractivity contribution in [2.45, 2.75) is 13.1 Å². The van der Waals surface area contributed by atoms with Crippen molar-refractivity contribution in [2.24, 2.45) is 0 Å². The Labute approximate surface area is 148 Å². The molecule has 0 fully saturated rings. The van der Waals surface area contributed by atoms with Crippen LogP contribution < -0.4 is 0 Å². The monoisotopic (exact) mass is 348 g/mol. The molecule has 0 atom stereocenters. The number of hydrogen-bond donors (Lipinski definition) is 1. The average Bonchev–Trinajstić information content (AvgIpc) is 3.31. The zero-order chi connectivity index (χ0) is 17.9. The summed E-state index contributed by atoms with van der Waals surface area (Å²) in [7, 11) is 1.76. The summed E-state index contributed by atoms with van der Waals surface area (Å²) in [5.74, 6) is 0.448. The Morgan fingerprint density at radius 1 is 1.12 bits per heavy atom. The van der Waals surface area contributed by atoms with Crippen molar-refractivity contribution in [1.82, 2.24) is 40.5 Å². The highest BCUT2D eigenvalue weighted by atomic mass is 16.2. The Balaban J connectivity index is 1.45. The minimum atomic E-state index is -0.0738. The summed E-state index contributed by atoms with van der Waals surface area (Å²) >= 11 is 0. The Morgan fingerprint density at radius 3 is 2.58 bits per heavy atom. The summed E-state index contributed by atoms with van der Waals surface area (Å²) in [4.78, 5) is 15.6. The van der Waals surface area contributed by atoms with Gasteiger partial charge in [-0.1, -0.05) is 30.3 Å². The molecule has 0 bridgehead atoms. The molecule has 0 aliphatic carbocycles. The summed E-state index contributed by atoms with van der Waals surface area (Å²) in [6.45, 7) is 0.557. The van der Waals surface area contributed by atoms with Crippen molar-refractivity contribution >= 4 is 16.9 Å². The number of aromatic nitrogens is 7. The SMILES string of the molecule is CN(Cc1cccc(-c2nn[nH]n2)c1)C(=O)Cn1nc2ccccc2n1. The van der Waals surface area contributed by atoms with Crippen molar-refractivity contribution < 1.29 is 4.79 Å². The van der Waals surface area contributed by atoms with E-state index in [0.29, 0.717) is 12.4 Å². The lowest BCUT2D eigenvalue weighted by atomic mass is 10.1. The maximum absolute atomic E-state index is 12.5. The van der Waals surface area contributed by atoms with Crippen LogP contribution in [0.25, 0.3) is 22.4 Å². The van der Waals surface area contributed by atoms with E-state index in [2.05, 4.69) is 30.8 Å². The van der Waals surface area contributed by atoms with Gasteiger partial charge in [0.1, 0.15) is 17.6 Å². The predicted molar refractivity (Wildman–Crippen MR) is 93.6 cm³/mol. The van der Waals surface area contributed by atoms with Crippen LogP contribution in [-0.4, -0.2) is 53.5 Å². The van der Waals surface area contributed by atoms with Crippen molar-refractivity contribution in [1.29, 1.82) is 0 Å². The van der Waals surface area contributed by atoms with E-state index in [1.54, 1.807) is 11.9 Å². The molecule has 2 aromatic carbocycles. The number of carbonyl (C=O) groups excluding carboxylic acids is 1. The standard InChI is InChI=1S/C17H16N8O/c1-24(10-12-5-4-6-13(9-12)17-18-22-23-19-17)16(26)11-25-20-14-7-2-3-8-15(14)21-25/h2-9H,10-11H2,1H3,(H,18,19,22,23). The fourth-order valence-corrected chi connectivity index (χ4v) is 2.67. The molecular formula is C17H16N8O. The van der Waals surface area contributed by atoms with Gasteiger partial charge in [0.2, 0.25) is 11.7 Å². The molecule has 130 valence electrons. The number of carbonyl (C=O) groups is 1. The fourth-order valence-electron chi connectivity index (χ4n) is 2.67. The Bertz CT molecular complexity index is 1010. The number of fused-ring (bicyclic) bond motifs is 1. The lowest BCUT2D eigenvalue weighted by Gasteiger charge is -2.17. The van der Waals surface area contributed by atoms with Crippen molar-refractivity contribution in [3.8, 4) is 11.4 Å². The molecule has 2 heterocycles. The predicted octanol–water partition coefficient (Wildman–Crippen LogP) is 1.27. The molecule has 1 amide bonds. The number of nitrogens with one attached hydrogen (secondary N) is 1. The van der Waals surface area contributed by atoms with Crippen LogP contribution in [0.4, 0.5) is 0 Å². The molecule has 2 aromatic heterocycles. The zero-order valence-electron chi connectivity index (χ0n) is 14.1. The minimum Gasteiger partial charge on any atom is -0.340 e. The molecule has 0 aliphatic heterocycles. The van der Waals surface area contributed by atoms with E-state index in [-0.39, 0.29) is 12.5 Å². The van der Waals surface area contributed by atoms with E-state index in [4.69, 9.17) is 0 Å². The molecule has 0 saturated heterocycles. The smallest absolute Gasteiger partial charge is 0.246 e. The third-order valence-electron chi connectivity index (χ3n) is 3.98. The van der Waals surface area contributed by atoms with Gasteiger partial charge >= 0.3 is 0 Å². The van der Waals surface area contributed by atoms with Gasteiger partial charge in [0.05, 0.1) is 0 Å². The highest BCUT2D eigenvalue weighted by Crippen LogP contribution is 2.16. The molecular weight excluding hydrogens is 332 g/mol. The molecule has 9 nitrogen and oxygen atoms in total. The van der Waals surface area contributed by atoms with Gasteiger partial charge < -0.3 is 4.90 Å². The number of tetrazole rings is 1. The van der Waals surface area contributed by atoms with Crippen molar-refractivity contribution in [3.05, 3.63) is 54.1 Å². The Kier molecular flexibility index (Phi) is 4.10. The first-order valence-electron chi connectivity index (χ1n) is 8.05. The first kappa shape index (κ1) is 15.9. The normalized spacial score (nSPS) is 11.0. The van der Waals surface area contributed by atoms with E-state index in [1.165, 1.54) is 4.80 Å². The first-order valence-corrected chi connectivity index (χ1v) is 8.05. The molecule has 4 aromatic rings. The van der Waals surface area contributed by atoms with Gasteiger partial charge in [-0.15, -0.1) is 10.2 Å². The van der Waals surface area contributed by atoms with Crippen molar-refractivity contribution in [2.75, 3.05) is 7.05 Å². The van der Waals surface area contributed by atoms with Crippen LogP contribution in [0.3, 0.4) is 0 Å². The van der Waals surface area contributed by atoms with E-state index < -0.39 is 0 Å². The van der Waals surface area contributed by atoms with E-state index in [1.807, 2.05) is 48.5 Å². The molecule has 1 N–H and O–H groups in total. The van der Waals surface area contributed by atoms with Gasteiger partial charge in [-0.25, -0.2) is 0 Å². The van der Waals surface area contributed by atoms with Gasteiger partial charge in [-0.2, -0.15) is 20.2 Å². The van der Waals surface area contributed by atoms with Crippen LogP contribution in [0.2, 0.25) is 0 Å². The minimum absolute atomic E-state index is 0.0738. The molecule has 0 radical (unpaired) electrons. The number of nitrogens with zero attached hydrogens (tertiary/aromatic N) is 7. The van der Waals surface area contributed by atoms with Crippen LogP contribution in [0.5, 0.6) is 0 Å². The molecule has 0 saturated carbocycles. The van der Waals surface area contributed by atoms with E-state index in [9.17, 15) is 4.79 Å². The Hall–Kier alpha value is -3.62. The van der Waals surface area contributed by atoms with Crippen molar-refractivity contribution in [3.63, 3.8) is 0 Å². The number of likely N-dealkylation sites (N-methyl/N-ethyl adjacent to an activating group) is 1. The average molecular weight is 348 g/mol. The topological polar surface area (TPSA) is 105 Å². The van der Waals surface area contributed by atoms with Crippen LogP contribution >= 0.6 is 0 Å². The maximum Gasteiger partial charge on any atom is 0.246 e. The van der Waals surface area contributed by atoms with E-state index in [0.717, 1.165) is 22.2 Å². The quantitative estimate of drug-likeness (QED) is 0.582. The number of amides is 1. The summed E-state index contributed by atoms with van der Waals surface area (Å²) in [5, 5.41) is 22.6. The second kappa shape index (κ2) is 6.71. The van der Waals surface area contributed by atoms with Gasteiger partial charge in [-0.3, -0.25) is 4.79 Å². The van der Waals surface area contributed by atoms with Crippen LogP contribution in [0.1, 0.15) is 5.56 Å². The van der Waals surface area contributed by atoms with Gasteiger partial charge in [0, 0.05) is 19.2 Å².